The third-order valence-electron chi connectivity index (χ3n) is 6.64. The lowest BCUT2D eigenvalue weighted by Gasteiger charge is -2.15. The number of amides is 2. The first kappa shape index (κ1) is 28.5. The van der Waals surface area contributed by atoms with Crippen LogP contribution in [0, 0.1) is 11.6 Å². The summed E-state index contributed by atoms with van der Waals surface area (Å²) in [4.78, 5) is 26.3. The number of fused-ring (bicyclic) bond motifs is 2. The highest BCUT2D eigenvalue weighted by molar-refractivity contribution is 6.09. The molecule has 0 heterocycles. The van der Waals surface area contributed by atoms with Crippen LogP contribution in [0.15, 0.2) is 91.0 Å². The third kappa shape index (κ3) is 6.47. The molecule has 4 N–H and O–H groups in total. The lowest BCUT2D eigenvalue weighted by atomic mass is 10.0. The molecule has 5 aromatic carbocycles. The molecular formula is C33H29F2N3O4. The summed E-state index contributed by atoms with van der Waals surface area (Å²) in [7, 11) is 0. The Bertz CT molecular complexity index is 1740. The van der Waals surface area contributed by atoms with Gasteiger partial charge in [0.05, 0.1) is 24.3 Å². The monoisotopic (exact) mass is 569 g/mol. The Balaban J connectivity index is 1.32. The van der Waals surface area contributed by atoms with E-state index in [4.69, 9.17) is 15.2 Å². The van der Waals surface area contributed by atoms with Crippen LogP contribution < -0.4 is 25.8 Å². The van der Waals surface area contributed by atoms with Crippen molar-refractivity contribution in [1.29, 1.82) is 0 Å². The second kappa shape index (κ2) is 13.1. The minimum absolute atomic E-state index is 0.0232. The van der Waals surface area contributed by atoms with E-state index >= 15 is 0 Å². The molecule has 0 fully saturated rings. The highest BCUT2D eigenvalue weighted by Crippen LogP contribution is 2.29. The SMILES string of the molecule is NCCCOc1cc2ccccc2cc1C(=O)NCCOc1cc2ccccc2cc1C(=O)Nc1c(F)cccc1F. The molecule has 5 aromatic rings. The highest BCUT2D eigenvalue weighted by atomic mass is 19.1. The largest absolute Gasteiger partial charge is 0.493 e. The van der Waals surface area contributed by atoms with Gasteiger partial charge in [0, 0.05) is 0 Å². The molecule has 0 aliphatic carbocycles. The number of benzene rings is 5. The van der Waals surface area contributed by atoms with Gasteiger partial charge in [-0.15, -0.1) is 0 Å². The second-order valence-corrected chi connectivity index (χ2v) is 9.54. The Labute approximate surface area is 241 Å². The Morgan fingerprint density at radius 3 is 1.71 bits per heavy atom. The number of carbonyl (C=O) groups is 2. The maximum atomic E-state index is 14.2. The smallest absolute Gasteiger partial charge is 0.259 e. The van der Waals surface area contributed by atoms with Crippen LogP contribution in [-0.4, -0.2) is 38.1 Å². The van der Waals surface area contributed by atoms with Crippen molar-refractivity contribution in [2.24, 2.45) is 5.73 Å². The molecule has 214 valence electrons. The van der Waals surface area contributed by atoms with Crippen LogP contribution >= 0.6 is 0 Å². The Morgan fingerprint density at radius 2 is 1.17 bits per heavy atom. The van der Waals surface area contributed by atoms with E-state index in [9.17, 15) is 18.4 Å². The number of halogens is 2. The fourth-order valence-electron chi connectivity index (χ4n) is 4.52. The van der Waals surface area contributed by atoms with Gasteiger partial charge in [-0.25, -0.2) is 8.78 Å². The second-order valence-electron chi connectivity index (χ2n) is 9.54. The van der Waals surface area contributed by atoms with Crippen molar-refractivity contribution >= 4 is 39.0 Å². The minimum atomic E-state index is -0.894. The number of nitrogens with one attached hydrogen (secondary N) is 2. The van der Waals surface area contributed by atoms with E-state index in [2.05, 4.69) is 10.6 Å². The summed E-state index contributed by atoms with van der Waals surface area (Å²) in [6, 6.07) is 25.2. The van der Waals surface area contributed by atoms with E-state index in [1.54, 1.807) is 18.2 Å². The molecule has 42 heavy (non-hydrogen) atoms. The van der Waals surface area contributed by atoms with Crippen LogP contribution in [0.4, 0.5) is 14.5 Å². The fraction of sp³-hybridized carbons (Fsp3) is 0.152. The third-order valence-corrected chi connectivity index (χ3v) is 6.64. The molecule has 0 aliphatic rings. The van der Waals surface area contributed by atoms with Crippen molar-refractivity contribution in [3.05, 3.63) is 114 Å². The number of nitrogens with two attached hydrogens (primary N) is 1. The van der Waals surface area contributed by atoms with Crippen molar-refractivity contribution in [1.82, 2.24) is 5.32 Å². The molecule has 0 aliphatic heterocycles. The van der Waals surface area contributed by atoms with Gasteiger partial charge in [0.2, 0.25) is 0 Å². The average Bonchev–Trinajstić information content (AvgIpc) is 3.00. The van der Waals surface area contributed by atoms with Crippen molar-refractivity contribution < 1.29 is 27.8 Å². The Hall–Kier alpha value is -5.02. The molecule has 0 unspecified atom stereocenters. The van der Waals surface area contributed by atoms with Gasteiger partial charge < -0.3 is 25.8 Å². The zero-order valence-electron chi connectivity index (χ0n) is 22.7. The van der Waals surface area contributed by atoms with Crippen LogP contribution in [0.1, 0.15) is 27.1 Å². The molecule has 0 bridgehead atoms. The summed E-state index contributed by atoms with van der Waals surface area (Å²) in [5, 5.41) is 8.53. The van der Waals surface area contributed by atoms with Crippen molar-refractivity contribution in [2.45, 2.75) is 6.42 Å². The summed E-state index contributed by atoms with van der Waals surface area (Å²) in [5.41, 5.74) is 5.51. The van der Waals surface area contributed by atoms with Gasteiger partial charge in [-0.05, 0) is 70.9 Å². The number of rotatable bonds is 11. The fourth-order valence-corrected chi connectivity index (χ4v) is 4.52. The van der Waals surface area contributed by atoms with E-state index < -0.39 is 23.2 Å². The lowest BCUT2D eigenvalue weighted by molar-refractivity contribution is 0.0940. The molecule has 0 atom stereocenters. The molecule has 7 nitrogen and oxygen atoms in total. The molecule has 0 saturated heterocycles. The van der Waals surface area contributed by atoms with Crippen LogP contribution in [0.25, 0.3) is 21.5 Å². The van der Waals surface area contributed by atoms with Crippen LogP contribution in [0.2, 0.25) is 0 Å². The number of hydrogen-bond acceptors (Lipinski definition) is 5. The molecule has 0 radical (unpaired) electrons. The van der Waals surface area contributed by atoms with E-state index in [0.29, 0.717) is 30.9 Å². The van der Waals surface area contributed by atoms with E-state index in [1.165, 1.54) is 6.07 Å². The van der Waals surface area contributed by atoms with Crippen molar-refractivity contribution in [2.75, 3.05) is 31.6 Å². The van der Waals surface area contributed by atoms with Crippen LogP contribution in [-0.2, 0) is 0 Å². The molecule has 5 rings (SSSR count). The summed E-state index contributed by atoms with van der Waals surface area (Å²) < 4.78 is 40.2. The van der Waals surface area contributed by atoms with Crippen molar-refractivity contribution in [3.63, 3.8) is 0 Å². The van der Waals surface area contributed by atoms with Gasteiger partial charge in [0.15, 0.2) is 0 Å². The Morgan fingerprint density at radius 1 is 0.667 bits per heavy atom. The van der Waals surface area contributed by atoms with Crippen LogP contribution in [0.5, 0.6) is 11.5 Å². The van der Waals surface area contributed by atoms with E-state index in [1.807, 2.05) is 54.6 Å². The minimum Gasteiger partial charge on any atom is -0.493 e. The lowest BCUT2D eigenvalue weighted by Crippen LogP contribution is -2.29. The molecule has 0 saturated carbocycles. The number of carbonyl (C=O) groups excluding carboxylic acids is 2. The number of para-hydroxylation sites is 1. The van der Waals surface area contributed by atoms with Gasteiger partial charge in [-0.3, -0.25) is 9.59 Å². The predicted octanol–water partition coefficient (Wildman–Crippen LogP) is 6.06. The summed E-state index contributed by atoms with van der Waals surface area (Å²) in [6.07, 6.45) is 0.646. The standard InChI is InChI=1S/C33H29F2N3O4/c34-27-11-5-12-28(35)31(27)38-33(40)26-18-22-8-2-4-10-24(22)20-30(26)42-16-14-37-32(39)25-17-21-7-1-3-9-23(21)19-29(25)41-15-6-13-36/h1-5,7-12,17-20H,6,13-16,36H2,(H,37,39)(H,38,40). The molecular weight excluding hydrogens is 540 g/mol. The highest BCUT2D eigenvalue weighted by Gasteiger charge is 2.19. The van der Waals surface area contributed by atoms with Gasteiger partial charge >= 0.3 is 0 Å². The van der Waals surface area contributed by atoms with Gasteiger partial charge in [0.1, 0.15) is 35.4 Å². The number of anilines is 1. The predicted molar refractivity (Wildman–Crippen MR) is 159 cm³/mol. The van der Waals surface area contributed by atoms with Gasteiger partial charge in [-0.2, -0.15) is 0 Å². The van der Waals surface area contributed by atoms with Crippen molar-refractivity contribution in [3.8, 4) is 11.5 Å². The first-order chi connectivity index (χ1) is 20.4. The average molecular weight is 570 g/mol. The maximum absolute atomic E-state index is 14.2. The van der Waals surface area contributed by atoms with Gasteiger partial charge in [-0.1, -0.05) is 54.6 Å². The molecule has 0 spiro atoms. The molecule has 9 heteroatoms. The number of ether oxygens (including phenoxy) is 2. The molecule has 0 aromatic heterocycles. The van der Waals surface area contributed by atoms with Crippen LogP contribution in [0.3, 0.4) is 0 Å². The summed E-state index contributed by atoms with van der Waals surface area (Å²) in [6.45, 7) is 0.984. The zero-order valence-corrected chi connectivity index (χ0v) is 22.7. The van der Waals surface area contributed by atoms with Gasteiger partial charge in [0.25, 0.3) is 11.8 Å². The Kier molecular flexibility index (Phi) is 8.89. The first-order valence-corrected chi connectivity index (χ1v) is 13.5. The normalized spacial score (nSPS) is 10.9. The molecule has 2 amide bonds. The number of hydrogen-bond donors (Lipinski definition) is 3. The zero-order chi connectivity index (χ0) is 29.5. The quantitative estimate of drug-likeness (QED) is 0.168. The summed E-state index contributed by atoms with van der Waals surface area (Å²) >= 11 is 0. The maximum Gasteiger partial charge on any atom is 0.259 e. The topological polar surface area (TPSA) is 103 Å². The van der Waals surface area contributed by atoms with E-state index in [-0.39, 0.29) is 30.4 Å². The first-order valence-electron chi connectivity index (χ1n) is 13.5. The van der Waals surface area contributed by atoms with E-state index in [0.717, 1.165) is 33.7 Å². The summed E-state index contributed by atoms with van der Waals surface area (Å²) in [5.74, 6) is -2.22.